The molecule has 10 heteroatoms. The van der Waals surface area contributed by atoms with Crippen molar-refractivity contribution in [2.75, 3.05) is 0 Å². The molecule has 1 saturated heterocycles. The first-order valence-electron chi connectivity index (χ1n) is 7.83. The highest BCUT2D eigenvalue weighted by Gasteiger charge is 2.52. The van der Waals surface area contributed by atoms with Crippen LogP contribution in [0.15, 0.2) is 17.0 Å². The van der Waals surface area contributed by atoms with Crippen LogP contribution in [-0.2, 0) is 11.8 Å². The molecule has 1 aromatic carbocycles. The van der Waals surface area contributed by atoms with E-state index < -0.39 is 37.6 Å². The lowest BCUT2D eigenvalue weighted by Crippen LogP contribution is -2.36. The number of benzene rings is 1. The van der Waals surface area contributed by atoms with Crippen LogP contribution in [0.2, 0.25) is 0 Å². The zero-order valence-corrected chi connectivity index (χ0v) is 18.1. The second-order valence-corrected chi connectivity index (χ2v) is 22.6. The quantitative estimate of drug-likeness (QED) is 0.148. The molecule has 1 aliphatic heterocycles. The molecule has 0 unspecified atom stereocenters. The topological polar surface area (TPSA) is 0 Å². The predicted molar refractivity (Wildman–Crippen MR) is 106 cm³/mol. The van der Waals surface area contributed by atoms with Crippen LogP contribution in [0.5, 0.6) is 0 Å². The molecule has 0 amide bonds. The predicted octanol–water partition coefficient (Wildman–Crippen LogP) is 7.68. The van der Waals surface area contributed by atoms with Gasteiger partial charge in [0.05, 0.1) is 4.90 Å². The molecule has 2 aliphatic rings. The van der Waals surface area contributed by atoms with E-state index in [-0.39, 0.29) is 10.00 Å². The second kappa shape index (κ2) is 7.29. The summed E-state index contributed by atoms with van der Waals surface area (Å²) in [5, 5.41) is 0.183. The van der Waals surface area contributed by atoms with E-state index in [1.165, 1.54) is 22.8 Å². The maximum absolute atomic E-state index is 14.1. The minimum Gasteiger partial charge on any atom is -0.202 e. The lowest BCUT2D eigenvalue weighted by Gasteiger charge is -2.38. The normalized spacial score (nSPS) is 34.0. The molecule has 0 nitrogen and oxygen atoms in total. The lowest BCUT2D eigenvalue weighted by atomic mass is 9.79. The van der Waals surface area contributed by atoms with Crippen molar-refractivity contribution in [1.82, 2.24) is 0 Å². The van der Waals surface area contributed by atoms with Crippen molar-refractivity contribution in [2.45, 2.75) is 48.0 Å². The Bertz CT molecular complexity index is 800. The minimum atomic E-state index is -2.51. The van der Waals surface area contributed by atoms with Gasteiger partial charge in [0.15, 0.2) is 23.3 Å². The number of allylic oxidation sites excluding steroid dienone is 1. The van der Waals surface area contributed by atoms with Crippen molar-refractivity contribution in [3.63, 3.8) is 0 Å². The molecule has 0 N–H and O–H groups in total. The summed E-state index contributed by atoms with van der Waals surface area (Å²) in [5.74, 6) is -9.20. The maximum Gasteiger partial charge on any atom is 0.200 e. The molecule has 0 spiro atoms. The van der Waals surface area contributed by atoms with E-state index in [0.29, 0.717) is 17.3 Å². The molecule has 2 fully saturated rings. The Morgan fingerprint density at radius 2 is 1.69 bits per heavy atom. The molecule has 1 aliphatic carbocycles. The van der Waals surface area contributed by atoms with Gasteiger partial charge in [-0.15, -0.1) is 0 Å². The third-order valence-corrected chi connectivity index (χ3v) is 19.1. The van der Waals surface area contributed by atoms with Gasteiger partial charge in [0.25, 0.3) is 0 Å². The molecular weight excluding hydrogens is 446 g/mol. The van der Waals surface area contributed by atoms with E-state index in [0.717, 1.165) is 24.8 Å². The van der Waals surface area contributed by atoms with E-state index >= 15 is 0 Å². The molecule has 0 bridgehead atoms. The SMILES string of the molecule is C=C(C)[C@@H]1CC[C@]2(C)S[P@](=S)(Sc3c(F)c(F)c(F)c(F)c3F)S[C@@H]2C1. The summed E-state index contributed by atoms with van der Waals surface area (Å²) >= 11 is 9.31. The average Bonchev–Trinajstić information content (AvgIpc) is 2.84. The Labute approximate surface area is 166 Å². The number of hydrogen-bond donors (Lipinski definition) is 0. The standard InChI is InChI=1S/C16H16F5PS4/c1-7(2)8-4-5-16(3)9(6-8)24-22(23,26-16)25-15-13(20)11(18)10(17)12(19)14(15)21/h8-9H,1,4-6H2,2-3H3/t8-,9-,16+,22+/m1/s1. The molecule has 144 valence electrons. The van der Waals surface area contributed by atoms with Gasteiger partial charge < -0.3 is 0 Å². The van der Waals surface area contributed by atoms with Gasteiger partial charge in [-0.1, -0.05) is 58.1 Å². The lowest BCUT2D eigenvalue weighted by molar-refractivity contribution is 0.361. The summed E-state index contributed by atoms with van der Waals surface area (Å²) in [6.07, 6.45) is 2.74. The largest absolute Gasteiger partial charge is 0.202 e. The Morgan fingerprint density at radius 3 is 2.23 bits per heavy atom. The van der Waals surface area contributed by atoms with E-state index in [2.05, 4.69) is 13.5 Å². The van der Waals surface area contributed by atoms with Crippen LogP contribution in [0.25, 0.3) is 0 Å². The van der Waals surface area contributed by atoms with Gasteiger partial charge >= 0.3 is 0 Å². The van der Waals surface area contributed by atoms with Gasteiger partial charge in [-0.3, -0.25) is 0 Å². The van der Waals surface area contributed by atoms with Crippen LogP contribution in [0.1, 0.15) is 33.1 Å². The van der Waals surface area contributed by atoms with Crippen LogP contribution in [0, 0.1) is 35.0 Å². The monoisotopic (exact) mass is 462 g/mol. The first-order valence-corrected chi connectivity index (χ1v) is 15.0. The first kappa shape index (κ1) is 21.0. The van der Waals surface area contributed by atoms with Crippen LogP contribution in [-0.4, -0.2) is 10.00 Å². The van der Waals surface area contributed by atoms with Crippen LogP contribution in [0.4, 0.5) is 22.0 Å². The summed E-state index contributed by atoms with van der Waals surface area (Å²) in [4.78, 5) is -0.858. The summed E-state index contributed by atoms with van der Waals surface area (Å²) in [7, 11) is 0. The third-order valence-electron chi connectivity index (χ3n) is 4.82. The molecule has 1 heterocycles. The Morgan fingerprint density at radius 1 is 1.15 bits per heavy atom. The summed E-state index contributed by atoms with van der Waals surface area (Å²) in [6, 6.07) is 0. The molecule has 1 saturated carbocycles. The van der Waals surface area contributed by atoms with Crippen molar-refractivity contribution in [3.05, 3.63) is 41.2 Å². The van der Waals surface area contributed by atoms with E-state index in [1.807, 2.05) is 6.92 Å². The minimum absolute atomic E-state index is 0.150. The van der Waals surface area contributed by atoms with Gasteiger partial charge in [-0.05, 0) is 39.0 Å². The highest BCUT2D eigenvalue weighted by molar-refractivity contribution is 9.24. The smallest absolute Gasteiger partial charge is 0.200 e. The van der Waals surface area contributed by atoms with E-state index in [1.54, 1.807) is 0 Å². The Hall–Kier alpha value is 0.310. The van der Waals surface area contributed by atoms with Crippen molar-refractivity contribution in [3.8, 4) is 0 Å². The van der Waals surface area contributed by atoms with Crippen molar-refractivity contribution >= 4 is 49.6 Å². The van der Waals surface area contributed by atoms with Crippen molar-refractivity contribution in [1.29, 1.82) is 0 Å². The number of fused-ring (bicyclic) bond motifs is 1. The molecular formula is C16H16F5PS4. The Balaban J connectivity index is 1.91. The van der Waals surface area contributed by atoms with Crippen molar-refractivity contribution < 1.29 is 22.0 Å². The fraction of sp³-hybridized carbons (Fsp3) is 0.500. The molecule has 0 aromatic heterocycles. The van der Waals surface area contributed by atoms with E-state index in [9.17, 15) is 22.0 Å². The van der Waals surface area contributed by atoms with Gasteiger partial charge in [0, 0.05) is 10.00 Å². The van der Waals surface area contributed by atoms with Gasteiger partial charge in [0.2, 0.25) is 5.82 Å². The third kappa shape index (κ3) is 3.63. The zero-order chi connectivity index (χ0) is 19.4. The molecule has 4 atom stereocenters. The number of halogens is 5. The Kier molecular flexibility index (Phi) is 5.89. The zero-order valence-electron chi connectivity index (χ0n) is 14.0. The summed E-state index contributed by atoms with van der Waals surface area (Å²) < 4.78 is 65.7. The fourth-order valence-electron chi connectivity index (χ4n) is 3.20. The van der Waals surface area contributed by atoms with Crippen LogP contribution in [0.3, 0.4) is 0 Å². The molecule has 3 rings (SSSR count). The van der Waals surface area contributed by atoms with E-state index in [4.69, 9.17) is 11.8 Å². The van der Waals surface area contributed by atoms with Gasteiger partial charge in [-0.2, -0.15) is 0 Å². The number of rotatable bonds is 3. The van der Waals surface area contributed by atoms with Crippen LogP contribution >= 0.6 is 37.8 Å². The molecule has 0 radical (unpaired) electrons. The molecule has 26 heavy (non-hydrogen) atoms. The van der Waals surface area contributed by atoms with Gasteiger partial charge in [0.1, 0.15) is 3.64 Å². The first-order chi connectivity index (χ1) is 12.0. The van der Waals surface area contributed by atoms with Crippen LogP contribution < -0.4 is 0 Å². The van der Waals surface area contributed by atoms with Crippen molar-refractivity contribution in [2.24, 2.45) is 5.92 Å². The summed E-state index contributed by atoms with van der Waals surface area (Å²) in [6.45, 7) is 8.08. The second-order valence-electron chi connectivity index (χ2n) is 6.75. The summed E-state index contributed by atoms with van der Waals surface area (Å²) in [5.41, 5.74) is 1.10. The highest BCUT2D eigenvalue weighted by atomic mass is 33.5. The number of hydrogen-bond acceptors (Lipinski definition) is 4. The molecule has 1 aromatic rings. The highest BCUT2D eigenvalue weighted by Crippen LogP contribution is 2.90. The van der Waals surface area contributed by atoms with Gasteiger partial charge in [-0.25, -0.2) is 22.0 Å². The maximum atomic E-state index is 14.1. The fourth-order valence-corrected chi connectivity index (χ4v) is 22.6. The average molecular weight is 463 g/mol.